The van der Waals surface area contributed by atoms with Crippen molar-refractivity contribution in [2.24, 2.45) is 0 Å². The van der Waals surface area contributed by atoms with Crippen LogP contribution in [0.4, 0.5) is 0 Å². The molecule has 46 valence electrons. The summed E-state index contributed by atoms with van der Waals surface area (Å²) < 4.78 is 0. The Morgan fingerprint density at radius 3 is 2.89 bits per heavy atom. The van der Waals surface area contributed by atoms with Gasteiger partial charge in [0.25, 0.3) is 0 Å². The Morgan fingerprint density at radius 2 is 2.44 bits per heavy atom. The molecule has 0 aliphatic heterocycles. The Bertz CT molecular complexity index is 221. The fraction of sp³-hybridized carbons (Fsp3) is 0.167. The minimum Gasteiger partial charge on any atom is -0.361 e. The van der Waals surface area contributed by atoms with Crippen LogP contribution in [0.25, 0.3) is 5.53 Å². The van der Waals surface area contributed by atoms with Crippen LogP contribution in [0.5, 0.6) is 0 Å². The third kappa shape index (κ3) is 1.31. The standard InChI is InChI=1S/C6H6N2S/c7-8-5-3-1-2-4-6(5)9/h1-2,4,9H,3H2. The van der Waals surface area contributed by atoms with Crippen LogP contribution in [0.15, 0.2) is 23.1 Å². The van der Waals surface area contributed by atoms with Crippen LogP contribution < -0.4 is 0 Å². The molecule has 0 unspecified atom stereocenters. The maximum Gasteiger partial charge on any atom is 0.308 e. The second-order valence-corrected chi connectivity index (χ2v) is 2.21. The number of allylic oxidation sites excluding steroid dienone is 4. The van der Waals surface area contributed by atoms with E-state index < -0.39 is 0 Å². The van der Waals surface area contributed by atoms with Crippen molar-refractivity contribution in [3.05, 3.63) is 28.7 Å². The molecule has 0 spiro atoms. The molecule has 0 aromatic carbocycles. The lowest BCUT2D eigenvalue weighted by Gasteiger charge is -1.93. The topological polar surface area (TPSA) is 36.4 Å². The van der Waals surface area contributed by atoms with Gasteiger partial charge in [0.15, 0.2) is 0 Å². The molecule has 0 atom stereocenters. The van der Waals surface area contributed by atoms with E-state index in [9.17, 15) is 0 Å². The summed E-state index contributed by atoms with van der Waals surface area (Å²) in [7, 11) is 0. The van der Waals surface area contributed by atoms with Crippen LogP contribution in [0, 0.1) is 0 Å². The van der Waals surface area contributed by atoms with Crippen molar-refractivity contribution in [1.29, 1.82) is 0 Å². The van der Waals surface area contributed by atoms with E-state index >= 15 is 0 Å². The largest absolute Gasteiger partial charge is 0.361 e. The molecule has 0 saturated carbocycles. The third-order valence-electron chi connectivity index (χ3n) is 1.12. The van der Waals surface area contributed by atoms with Gasteiger partial charge in [-0.1, -0.05) is 12.2 Å². The Hall–Kier alpha value is -0.790. The van der Waals surface area contributed by atoms with Crippen molar-refractivity contribution < 1.29 is 4.79 Å². The summed E-state index contributed by atoms with van der Waals surface area (Å²) in [6, 6.07) is 0. The Labute approximate surface area is 58.9 Å². The predicted molar refractivity (Wildman–Crippen MR) is 39.5 cm³/mol. The zero-order chi connectivity index (χ0) is 6.69. The summed E-state index contributed by atoms with van der Waals surface area (Å²) in [6.45, 7) is 0. The number of hydrogen-bond donors (Lipinski definition) is 1. The van der Waals surface area contributed by atoms with Crippen LogP contribution in [0.2, 0.25) is 0 Å². The first-order valence-electron chi connectivity index (χ1n) is 2.61. The lowest BCUT2D eigenvalue weighted by atomic mass is 10.1. The van der Waals surface area contributed by atoms with Crippen molar-refractivity contribution in [2.45, 2.75) is 6.42 Å². The molecule has 0 aromatic heterocycles. The fourth-order valence-electron chi connectivity index (χ4n) is 0.632. The van der Waals surface area contributed by atoms with E-state index in [4.69, 9.17) is 5.53 Å². The summed E-state index contributed by atoms with van der Waals surface area (Å²) in [4.78, 5) is 3.79. The fourth-order valence-corrected chi connectivity index (χ4v) is 0.854. The molecule has 0 N–H and O–H groups in total. The normalized spacial score (nSPS) is 17.0. The summed E-state index contributed by atoms with van der Waals surface area (Å²) >= 11 is 4.06. The molecule has 1 rings (SSSR count). The highest BCUT2D eigenvalue weighted by molar-refractivity contribution is 7.85. The van der Waals surface area contributed by atoms with Crippen LogP contribution in [0.3, 0.4) is 0 Å². The van der Waals surface area contributed by atoms with E-state index in [0.717, 1.165) is 4.91 Å². The Kier molecular flexibility index (Phi) is 1.88. The van der Waals surface area contributed by atoms with E-state index in [0.29, 0.717) is 12.1 Å². The van der Waals surface area contributed by atoms with Crippen LogP contribution >= 0.6 is 12.6 Å². The minimum absolute atomic E-state index is 0.626. The molecule has 9 heavy (non-hydrogen) atoms. The van der Waals surface area contributed by atoms with E-state index in [1.165, 1.54) is 0 Å². The van der Waals surface area contributed by atoms with Crippen molar-refractivity contribution in [3.63, 3.8) is 0 Å². The summed E-state index contributed by atoms with van der Waals surface area (Å²) in [6.07, 6.45) is 6.26. The van der Waals surface area contributed by atoms with Crippen LogP contribution in [-0.4, -0.2) is 10.5 Å². The van der Waals surface area contributed by atoms with Gasteiger partial charge in [-0.15, -0.1) is 12.6 Å². The minimum atomic E-state index is 0.626. The average molecular weight is 138 g/mol. The molecular formula is C6H6N2S. The monoisotopic (exact) mass is 138 g/mol. The lowest BCUT2D eigenvalue weighted by molar-refractivity contribution is -0.00569. The van der Waals surface area contributed by atoms with Gasteiger partial charge >= 0.3 is 5.71 Å². The van der Waals surface area contributed by atoms with Crippen molar-refractivity contribution in [3.8, 4) is 0 Å². The van der Waals surface area contributed by atoms with Gasteiger partial charge in [0.1, 0.15) is 0 Å². The quantitative estimate of drug-likeness (QED) is 0.299. The molecular weight excluding hydrogens is 132 g/mol. The molecule has 0 aromatic rings. The zero-order valence-corrected chi connectivity index (χ0v) is 5.68. The molecule has 2 nitrogen and oxygen atoms in total. The van der Waals surface area contributed by atoms with Gasteiger partial charge in [0.2, 0.25) is 0 Å². The molecule has 0 amide bonds. The SMILES string of the molecule is [N-]=[N+]=C1CC=CC=C1S. The first kappa shape index (κ1) is 6.33. The van der Waals surface area contributed by atoms with E-state index in [2.05, 4.69) is 17.4 Å². The van der Waals surface area contributed by atoms with Gasteiger partial charge < -0.3 is 5.53 Å². The van der Waals surface area contributed by atoms with Crippen molar-refractivity contribution >= 4 is 18.3 Å². The number of rotatable bonds is 0. The second-order valence-electron chi connectivity index (χ2n) is 1.73. The predicted octanol–water partition coefficient (Wildman–Crippen LogP) is 1.43. The van der Waals surface area contributed by atoms with E-state index in [1.807, 2.05) is 12.2 Å². The average Bonchev–Trinajstić information content (AvgIpc) is 1.89. The lowest BCUT2D eigenvalue weighted by Crippen LogP contribution is -2.00. The Balaban J connectivity index is 2.96. The van der Waals surface area contributed by atoms with Gasteiger partial charge in [-0.05, 0) is 6.08 Å². The maximum absolute atomic E-state index is 8.33. The highest BCUT2D eigenvalue weighted by Gasteiger charge is 2.10. The smallest absolute Gasteiger partial charge is 0.308 e. The molecule has 0 bridgehead atoms. The zero-order valence-electron chi connectivity index (χ0n) is 4.78. The Morgan fingerprint density at radius 1 is 1.67 bits per heavy atom. The molecule has 0 saturated heterocycles. The van der Waals surface area contributed by atoms with Crippen LogP contribution in [0.1, 0.15) is 6.42 Å². The summed E-state index contributed by atoms with van der Waals surface area (Å²) in [5.74, 6) is 0. The molecule has 3 heteroatoms. The highest BCUT2D eigenvalue weighted by Crippen LogP contribution is 2.10. The van der Waals surface area contributed by atoms with Gasteiger partial charge in [-0.3, -0.25) is 0 Å². The molecule has 0 radical (unpaired) electrons. The van der Waals surface area contributed by atoms with Gasteiger partial charge in [0, 0.05) is 0 Å². The third-order valence-corrected chi connectivity index (χ3v) is 1.52. The van der Waals surface area contributed by atoms with E-state index in [1.54, 1.807) is 6.08 Å². The van der Waals surface area contributed by atoms with Crippen molar-refractivity contribution in [1.82, 2.24) is 0 Å². The first-order valence-corrected chi connectivity index (χ1v) is 3.06. The van der Waals surface area contributed by atoms with E-state index in [-0.39, 0.29) is 0 Å². The molecule has 0 heterocycles. The van der Waals surface area contributed by atoms with Crippen molar-refractivity contribution in [2.75, 3.05) is 0 Å². The molecule has 1 aliphatic carbocycles. The number of thiol groups is 1. The molecule has 0 fully saturated rings. The highest BCUT2D eigenvalue weighted by atomic mass is 32.1. The summed E-state index contributed by atoms with van der Waals surface area (Å²) in [5, 5.41) is 0. The maximum atomic E-state index is 8.33. The second kappa shape index (κ2) is 2.67. The first-order chi connectivity index (χ1) is 4.34. The number of hydrogen-bond acceptors (Lipinski definition) is 1. The summed E-state index contributed by atoms with van der Waals surface area (Å²) in [5.41, 5.74) is 8.95. The van der Waals surface area contributed by atoms with Gasteiger partial charge in [0.05, 0.1) is 11.3 Å². The van der Waals surface area contributed by atoms with Gasteiger partial charge in [-0.25, -0.2) is 0 Å². The number of nitrogens with zero attached hydrogens (tertiary/aromatic N) is 2. The van der Waals surface area contributed by atoms with Crippen LogP contribution in [-0.2, 0) is 0 Å². The molecule has 1 aliphatic rings. The van der Waals surface area contributed by atoms with Gasteiger partial charge in [-0.2, -0.15) is 4.79 Å².